The van der Waals surface area contributed by atoms with Gasteiger partial charge in [-0.25, -0.2) is 0 Å². The van der Waals surface area contributed by atoms with Gasteiger partial charge in [0.15, 0.2) is 0 Å². The summed E-state index contributed by atoms with van der Waals surface area (Å²) in [4.78, 5) is 4.99. The van der Waals surface area contributed by atoms with Gasteiger partial charge in [0.25, 0.3) is 0 Å². The van der Waals surface area contributed by atoms with E-state index in [1.54, 1.807) is 0 Å². The Morgan fingerprint density at radius 3 is 2.38 bits per heavy atom. The van der Waals surface area contributed by atoms with Gasteiger partial charge in [-0.05, 0) is 49.9 Å². The van der Waals surface area contributed by atoms with Crippen LogP contribution in [0.4, 0.5) is 5.69 Å². The minimum atomic E-state index is 0.472. The molecular formula is C17H26ClN3. The summed E-state index contributed by atoms with van der Waals surface area (Å²) in [7, 11) is 0. The minimum absolute atomic E-state index is 0.472. The fourth-order valence-electron chi connectivity index (χ4n) is 3.55. The quantitative estimate of drug-likeness (QED) is 0.907. The van der Waals surface area contributed by atoms with E-state index >= 15 is 0 Å². The third kappa shape index (κ3) is 3.36. The lowest BCUT2D eigenvalue weighted by molar-refractivity contribution is 0.104. The number of benzene rings is 1. The number of hydrogen-bond donors (Lipinski definition) is 1. The molecule has 0 amide bonds. The average molecular weight is 308 g/mol. The van der Waals surface area contributed by atoms with E-state index in [0.29, 0.717) is 5.41 Å². The first-order chi connectivity index (χ1) is 10.2. The second kappa shape index (κ2) is 6.55. The second-order valence-corrected chi connectivity index (χ2v) is 6.99. The Bertz CT molecular complexity index is 459. The van der Waals surface area contributed by atoms with Crippen LogP contribution in [-0.2, 0) is 0 Å². The Hall–Kier alpha value is -0.770. The predicted octanol–water partition coefficient (Wildman–Crippen LogP) is 2.98. The highest BCUT2D eigenvalue weighted by atomic mass is 35.5. The number of hydrogen-bond acceptors (Lipinski definition) is 3. The molecule has 4 heteroatoms. The van der Waals surface area contributed by atoms with Gasteiger partial charge in [-0.15, -0.1) is 0 Å². The summed E-state index contributed by atoms with van der Waals surface area (Å²) in [5.41, 5.74) is 7.61. The molecule has 1 saturated carbocycles. The van der Waals surface area contributed by atoms with E-state index in [1.807, 2.05) is 12.1 Å². The summed E-state index contributed by atoms with van der Waals surface area (Å²) in [6.45, 7) is 6.47. The Morgan fingerprint density at radius 1 is 1.10 bits per heavy atom. The summed E-state index contributed by atoms with van der Waals surface area (Å²) in [5.74, 6) is 0. The zero-order chi connectivity index (χ0) is 14.7. The Balaban J connectivity index is 1.48. The minimum Gasteiger partial charge on any atom is -0.368 e. The first-order valence-electron chi connectivity index (χ1n) is 8.14. The van der Waals surface area contributed by atoms with Crippen LogP contribution in [0.25, 0.3) is 0 Å². The molecule has 1 saturated heterocycles. The van der Waals surface area contributed by atoms with Crippen molar-refractivity contribution in [3.8, 4) is 0 Å². The van der Waals surface area contributed by atoms with E-state index < -0.39 is 0 Å². The van der Waals surface area contributed by atoms with Gasteiger partial charge in [-0.2, -0.15) is 0 Å². The third-order valence-corrected chi connectivity index (χ3v) is 5.69. The monoisotopic (exact) mass is 307 g/mol. The van der Waals surface area contributed by atoms with Crippen LogP contribution in [0.5, 0.6) is 0 Å². The zero-order valence-corrected chi connectivity index (χ0v) is 13.5. The van der Waals surface area contributed by atoms with Crippen molar-refractivity contribution in [3.05, 3.63) is 29.3 Å². The van der Waals surface area contributed by atoms with Crippen molar-refractivity contribution in [3.63, 3.8) is 0 Å². The molecule has 1 aliphatic heterocycles. The molecule has 0 radical (unpaired) electrons. The van der Waals surface area contributed by atoms with Crippen LogP contribution >= 0.6 is 11.6 Å². The average Bonchev–Trinajstić information content (AvgIpc) is 2.48. The van der Waals surface area contributed by atoms with Crippen LogP contribution in [0.15, 0.2) is 24.3 Å². The number of nitrogens with zero attached hydrogens (tertiary/aromatic N) is 2. The van der Waals surface area contributed by atoms with Gasteiger partial charge in [-0.3, -0.25) is 4.90 Å². The smallest absolute Gasteiger partial charge is 0.0639 e. The zero-order valence-electron chi connectivity index (χ0n) is 12.7. The molecular weight excluding hydrogens is 282 g/mol. The van der Waals surface area contributed by atoms with Crippen LogP contribution in [0.3, 0.4) is 0 Å². The number of halogens is 1. The molecule has 1 heterocycles. The van der Waals surface area contributed by atoms with Crippen LogP contribution in [0, 0.1) is 5.41 Å². The number of rotatable bonds is 5. The third-order valence-electron chi connectivity index (χ3n) is 5.37. The Kier molecular flexibility index (Phi) is 4.72. The number of piperazine rings is 1. The standard InChI is InChI=1S/C17H26ClN3/c18-15-4-1-2-5-16(15)21-12-10-20(11-13-21)9-8-17(14-19)6-3-7-17/h1-2,4-5H,3,6-14,19H2. The maximum atomic E-state index is 6.29. The lowest BCUT2D eigenvalue weighted by Crippen LogP contribution is -2.48. The molecule has 0 unspecified atom stereocenters. The van der Waals surface area contributed by atoms with E-state index in [0.717, 1.165) is 37.7 Å². The topological polar surface area (TPSA) is 32.5 Å². The van der Waals surface area contributed by atoms with E-state index in [1.165, 1.54) is 37.9 Å². The van der Waals surface area contributed by atoms with Gasteiger partial charge in [0.2, 0.25) is 0 Å². The van der Waals surface area contributed by atoms with Gasteiger partial charge < -0.3 is 10.6 Å². The van der Waals surface area contributed by atoms with Crippen molar-refractivity contribution in [2.24, 2.45) is 11.1 Å². The maximum absolute atomic E-state index is 6.29. The van der Waals surface area contributed by atoms with E-state index in [4.69, 9.17) is 17.3 Å². The molecule has 0 aromatic heterocycles. The summed E-state index contributed by atoms with van der Waals surface area (Å²) < 4.78 is 0. The molecule has 21 heavy (non-hydrogen) atoms. The van der Waals surface area contributed by atoms with E-state index in [-0.39, 0.29) is 0 Å². The SMILES string of the molecule is NCC1(CCN2CCN(c3ccccc3Cl)CC2)CCC1. The first kappa shape index (κ1) is 15.1. The van der Waals surface area contributed by atoms with Crippen molar-refractivity contribution < 1.29 is 0 Å². The largest absolute Gasteiger partial charge is 0.368 e. The summed E-state index contributed by atoms with van der Waals surface area (Å²) in [6, 6.07) is 8.16. The van der Waals surface area contributed by atoms with Crippen molar-refractivity contribution >= 4 is 17.3 Å². The summed E-state index contributed by atoms with van der Waals surface area (Å²) in [5, 5.41) is 0.863. The Morgan fingerprint density at radius 2 is 1.81 bits per heavy atom. The summed E-state index contributed by atoms with van der Waals surface area (Å²) >= 11 is 6.29. The first-order valence-corrected chi connectivity index (χ1v) is 8.52. The summed E-state index contributed by atoms with van der Waals surface area (Å²) in [6.07, 6.45) is 5.32. The highest BCUT2D eigenvalue weighted by Crippen LogP contribution is 2.43. The number of anilines is 1. The number of para-hydroxylation sites is 1. The van der Waals surface area contributed by atoms with Gasteiger partial charge in [0.1, 0.15) is 0 Å². The fraction of sp³-hybridized carbons (Fsp3) is 0.647. The van der Waals surface area contributed by atoms with Crippen LogP contribution in [0.2, 0.25) is 5.02 Å². The molecule has 2 fully saturated rings. The van der Waals surface area contributed by atoms with Gasteiger partial charge in [0.05, 0.1) is 10.7 Å². The molecule has 0 atom stereocenters. The second-order valence-electron chi connectivity index (χ2n) is 6.59. The molecule has 1 aliphatic carbocycles. The van der Waals surface area contributed by atoms with Gasteiger partial charge in [-0.1, -0.05) is 30.2 Å². The van der Waals surface area contributed by atoms with Gasteiger partial charge >= 0.3 is 0 Å². The normalized spacial score (nSPS) is 22.1. The molecule has 2 N–H and O–H groups in total. The van der Waals surface area contributed by atoms with Crippen LogP contribution < -0.4 is 10.6 Å². The van der Waals surface area contributed by atoms with Crippen molar-refractivity contribution in [2.45, 2.75) is 25.7 Å². The highest BCUT2D eigenvalue weighted by Gasteiger charge is 2.35. The maximum Gasteiger partial charge on any atom is 0.0639 e. The predicted molar refractivity (Wildman–Crippen MR) is 90.1 cm³/mol. The molecule has 3 rings (SSSR count). The van der Waals surface area contributed by atoms with E-state index in [2.05, 4.69) is 21.9 Å². The van der Waals surface area contributed by atoms with Crippen molar-refractivity contribution in [1.29, 1.82) is 0 Å². The fourth-order valence-corrected chi connectivity index (χ4v) is 3.80. The molecule has 1 aromatic carbocycles. The molecule has 1 aromatic rings. The highest BCUT2D eigenvalue weighted by molar-refractivity contribution is 6.33. The van der Waals surface area contributed by atoms with Crippen LogP contribution in [-0.4, -0.2) is 44.2 Å². The van der Waals surface area contributed by atoms with Crippen molar-refractivity contribution in [1.82, 2.24) is 4.90 Å². The van der Waals surface area contributed by atoms with E-state index in [9.17, 15) is 0 Å². The molecule has 3 nitrogen and oxygen atoms in total. The number of nitrogens with two attached hydrogens (primary N) is 1. The van der Waals surface area contributed by atoms with Gasteiger partial charge in [0, 0.05) is 26.2 Å². The molecule has 0 bridgehead atoms. The lowest BCUT2D eigenvalue weighted by atomic mass is 9.66. The molecule has 0 spiro atoms. The molecule has 116 valence electrons. The lowest BCUT2D eigenvalue weighted by Gasteiger charge is -2.43. The Labute approximate surface area is 133 Å². The molecule has 2 aliphatic rings. The van der Waals surface area contributed by atoms with Crippen LogP contribution in [0.1, 0.15) is 25.7 Å². The van der Waals surface area contributed by atoms with Crippen molar-refractivity contribution in [2.75, 3.05) is 44.2 Å².